The van der Waals surface area contributed by atoms with E-state index in [1.165, 1.54) is 12.8 Å². The highest BCUT2D eigenvalue weighted by Crippen LogP contribution is 2.22. The maximum absolute atomic E-state index is 12.8. The molecule has 2 aromatic rings. The van der Waals surface area contributed by atoms with Crippen LogP contribution in [0.25, 0.3) is 5.65 Å². The zero-order valence-corrected chi connectivity index (χ0v) is 16.6. The SMILES string of the molecule is CCCCCOC1CCC(NC(=O)c2ccn3c(C)nc(NC)nc23)CC1. The van der Waals surface area contributed by atoms with Gasteiger partial charge >= 0.3 is 0 Å². The van der Waals surface area contributed by atoms with Gasteiger partial charge in [-0.25, -0.2) is 0 Å². The summed E-state index contributed by atoms with van der Waals surface area (Å²) < 4.78 is 7.81. The largest absolute Gasteiger partial charge is 0.378 e. The van der Waals surface area contributed by atoms with Gasteiger partial charge in [-0.1, -0.05) is 19.8 Å². The smallest absolute Gasteiger partial charge is 0.255 e. The van der Waals surface area contributed by atoms with Crippen molar-refractivity contribution in [2.75, 3.05) is 19.0 Å². The van der Waals surface area contributed by atoms with Crippen LogP contribution in [0.1, 0.15) is 68.1 Å². The summed E-state index contributed by atoms with van der Waals surface area (Å²) in [6.07, 6.45) is 9.74. The zero-order chi connectivity index (χ0) is 19.2. The highest BCUT2D eigenvalue weighted by molar-refractivity contribution is 6.00. The van der Waals surface area contributed by atoms with E-state index >= 15 is 0 Å². The van der Waals surface area contributed by atoms with Crippen LogP contribution in [0.5, 0.6) is 0 Å². The highest BCUT2D eigenvalue weighted by atomic mass is 16.5. The standard InChI is InChI=1S/C20H31N5O2/c1-4-5-6-13-27-16-9-7-15(8-10-16)23-19(26)17-11-12-25-14(2)22-20(21-3)24-18(17)25/h11-12,15-16H,4-10,13H2,1-3H3,(H,21,24)(H,23,26). The third-order valence-electron chi connectivity index (χ3n) is 5.27. The first-order valence-electron chi connectivity index (χ1n) is 10.1. The number of rotatable bonds is 8. The minimum absolute atomic E-state index is 0.0648. The van der Waals surface area contributed by atoms with Crippen molar-refractivity contribution in [3.8, 4) is 0 Å². The number of anilines is 1. The average molecular weight is 374 g/mol. The second-order valence-corrected chi connectivity index (χ2v) is 7.29. The molecule has 1 saturated carbocycles. The van der Waals surface area contributed by atoms with Gasteiger partial charge in [0.25, 0.3) is 5.91 Å². The molecule has 1 fully saturated rings. The fourth-order valence-corrected chi connectivity index (χ4v) is 3.66. The molecule has 0 spiro atoms. The Balaban J connectivity index is 1.56. The van der Waals surface area contributed by atoms with Crippen LogP contribution in [-0.2, 0) is 4.74 Å². The molecule has 148 valence electrons. The molecule has 1 aliphatic carbocycles. The molecule has 0 atom stereocenters. The Morgan fingerprint density at radius 2 is 2.04 bits per heavy atom. The van der Waals surface area contributed by atoms with Crippen molar-refractivity contribution in [2.24, 2.45) is 0 Å². The molecule has 0 saturated heterocycles. The van der Waals surface area contributed by atoms with Crippen molar-refractivity contribution in [1.82, 2.24) is 19.7 Å². The van der Waals surface area contributed by atoms with Crippen molar-refractivity contribution in [3.63, 3.8) is 0 Å². The van der Waals surface area contributed by atoms with Crippen LogP contribution >= 0.6 is 0 Å². The Morgan fingerprint density at radius 1 is 1.26 bits per heavy atom. The molecular formula is C20H31N5O2. The number of carbonyl (C=O) groups excluding carboxylic acids is 1. The minimum Gasteiger partial charge on any atom is -0.378 e. The number of ether oxygens (including phenoxy) is 1. The van der Waals surface area contributed by atoms with Gasteiger partial charge in [0.2, 0.25) is 5.95 Å². The molecule has 1 aliphatic rings. The molecule has 2 N–H and O–H groups in total. The molecule has 0 radical (unpaired) electrons. The van der Waals surface area contributed by atoms with Gasteiger partial charge in [0.05, 0.1) is 11.7 Å². The van der Waals surface area contributed by atoms with Crippen LogP contribution in [0, 0.1) is 6.92 Å². The second-order valence-electron chi connectivity index (χ2n) is 7.29. The van der Waals surface area contributed by atoms with Crippen molar-refractivity contribution >= 4 is 17.5 Å². The molecule has 3 rings (SSSR count). The van der Waals surface area contributed by atoms with Gasteiger partial charge in [0, 0.05) is 25.9 Å². The number of hydrogen-bond acceptors (Lipinski definition) is 5. The topological polar surface area (TPSA) is 80.5 Å². The third kappa shape index (κ3) is 4.77. The molecule has 0 aliphatic heterocycles. The Hall–Kier alpha value is -2.15. The highest BCUT2D eigenvalue weighted by Gasteiger charge is 2.24. The monoisotopic (exact) mass is 373 g/mol. The number of aryl methyl sites for hydroxylation is 1. The van der Waals surface area contributed by atoms with E-state index < -0.39 is 0 Å². The van der Waals surface area contributed by atoms with Gasteiger partial charge in [0.1, 0.15) is 5.82 Å². The van der Waals surface area contributed by atoms with E-state index in [1.807, 2.05) is 23.6 Å². The molecule has 27 heavy (non-hydrogen) atoms. The normalized spacial score (nSPS) is 20.0. The number of aromatic nitrogens is 3. The van der Waals surface area contributed by atoms with E-state index in [4.69, 9.17) is 4.74 Å². The number of unbranched alkanes of at least 4 members (excludes halogenated alkanes) is 2. The van der Waals surface area contributed by atoms with Crippen molar-refractivity contribution in [2.45, 2.75) is 70.9 Å². The summed E-state index contributed by atoms with van der Waals surface area (Å²) in [7, 11) is 1.77. The Morgan fingerprint density at radius 3 is 2.74 bits per heavy atom. The Labute approximate surface area is 160 Å². The molecule has 0 bridgehead atoms. The summed E-state index contributed by atoms with van der Waals surface area (Å²) in [4.78, 5) is 21.6. The third-order valence-corrected chi connectivity index (χ3v) is 5.27. The fourth-order valence-electron chi connectivity index (χ4n) is 3.66. The number of hydrogen-bond donors (Lipinski definition) is 2. The molecule has 2 aromatic heterocycles. The molecule has 2 heterocycles. The first kappa shape index (κ1) is 19.6. The summed E-state index contributed by atoms with van der Waals surface area (Å²) in [6, 6.07) is 2.02. The van der Waals surface area contributed by atoms with Gasteiger partial charge in [-0.2, -0.15) is 9.97 Å². The van der Waals surface area contributed by atoms with E-state index in [-0.39, 0.29) is 11.9 Å². The lowest BCUT2D eigenvalue weighted by atomic mass is 9.92. The lowest BCUT2D eigenvalue weighted by Gasteiger charge is -2.29. The predicted molar refractivity (Wildman–Crippen MR) is 106 cm³/mol. The summed E-state index contributed by atoms with van der Waals surface area (Å²) in [5.74, 6) is 1.25. The van der Waals surface area contributed by atoms with Crippen LogP contribution in [0.4, 0.5) is 5.95 Å². The van der Waals surface area contributed by atoms with E-state index in [9.17, 15) is 4.79 Å². The van der Waals surface area contributed by atoms with Crippen LogP contribution in [-0.4, -0.2) is 46.1 Å². The minimum atomic E-state index is -0.0648. The maximum atomic E-state index is 12.8. The maximum Gasteiger partial charge on any atom is 0.255 e. The summed E-state index contributed by atoms with van der Waals surface area (Å²) >= 11 is 0. The molecule has 0 unspecified atom stereocenters. The number of nitrogens with one attached hydrogen (secondary N) is 2. The number of carbonyl (C=O) groups is 1. The summed E-state index contributed by atoms with van der Waals surface area (Å²) in [5, 5.41) is 6.12. The zero-order valence-electron chi connectivity index (χ0n) is 16.6. The van der Waals surface area contributed by atoms with Crippen LogP contribution < -0.4 is 10.6 Å². The van der Waals surface area contributed by atoms with E-state index in [0.717, 1.165) is 44.5 Å². The quantitative estimate of drug-likeness (QED) is 0.694. The van der Waals surface area contributed by atoms with E-state index in [1.54, 1.807) is 7.05 Å². The van der Waals surface area contributed by atoms with Gasteiger partial charge in [-0.05, 0) is 45.1 Å². The second kappa shape index (κ2) is 9.17. The van der Waals surface area contributed by atoms with Crippen LogP contribution in [0.15, 0.2) is 12.3 Å². The van der Waals surface area contributed by atoms with Crippen molar-refractivity contribution in [1.29, 1.82) is 0 Å². The summed E-state index contributed by atoms with van der Waals surface area (Å²) in [5.41, 5.74) is 1.23. The fraction of sp³-hybridized carbons (Fsp3) is 0.650. The molecular weight excluding hydrogens is 342 g/mol. The number of amides is 1. The first-order valence-corrected chi connectivity index (χ1v) is 10.1. The lowest BCUT2D eigenvalue weighted by molar-refractivity contribution is 0.0205. The van der Waals surface area contributed by atoms with Gasteiger partial charge < -0.3 is 15.4 Å². The van der Waals surface area contributed by atoms with E-state index in [2.05, 4.69) is 27.5 Å². The van der Waals surface area contributed by atoms with Crippen molar-refractivity contribution in [3.05, 3.63) is 23.7 Å². The summed E-state index contributed by atoms with van der Waals surface area (Å²) in [6.45, 7) is 4.97. The molecule has 7 heteroatoms. The average Bonchev–Trinajstić information content (AvgIpc) is 3.11. The van der Waals surface area contributed by atoms with E-state index in [0.29, 0.717) is 23.3 Å². The van der Waals surface area contributed by atoms with Crippen molar-refractivity contribution < 1.29 is 9.53 Å². The number of fused-ring (bicyclic) bond motifs is 1. The first-order chi connectivity index (χ1) is 13.1. The van der Waals surface area contributed by atoms with Gasteiger partial charge in [0.15, 0.2) is 5.65 Å². The lowest BCUT2D eigenvalue weighted by Crippen LogP contribution is -2.39. The van der Waals surface area contributed by atoms with Gasteiger partial charge in [-0.3, -0.25) is 9.20 Å². The number of nitrogens with zero attached hydrogens (tertiary/aromatic N) is 3. The predicted octanol–water partition coefficient (Wildman–Crippen LogP) is 3.33. The molecule has 0 aromatic carbocycles. The Bertz CT molecular complexity index is 765. The Kier molecular flexibility index (Phi) is 6.66. The molecule has 1 amide bonds. The van der Waals surface area contributed by atoms with Crippen LogP contribution in [0.2, 0.25) is 0 Å². The molecule has 7 nitrogen and oxygen atoms in total. The van der Waals surface area contributed by atoms with Crippen LogP contribution in [0.3, 0.4) is 0 Å². The van der Waals surface area contributed by atoms with Gasteiger partial charge in [-0.15, -0.1) is 0 Å².